The van der Waals surface area contributed by atoms with Crippen LogP contribution in [0.2, 0.25) is 0 Å². The van der Waals surface area contributed by atoms with E-state index in [9.17, 15) is 14.7 Å². The van der Waals surface area contributed by atoms with E-state index in [0.29, 0.717) is 22.9 Å². The molecular formula is C25H22N2O5. The number of hydrogen-bond donors (Lipinski definition) is 2. The van der Waals surface area contributed by atoms with Crippen molar-refractivity contribution in [2.75, 3.05) is 5.32 Å². The van der Waals surface area contributed by atoms with Gasteiger partial charge in [0.15, 0.2) is 0 Å². The SMILES string of the molecule is C=CC(C=C)Oc1ccc(Oc2ccc(CC(=O)Nc3ccccc3C(=O)O)cn2)cc1. The average molecular weight is 430 g/mol. The second kappa shape index (κ2) is 10.6. The first kappa shape index (κ1) is 22.3. The Bertz CT molecular complexity index is 1100. The minimum Gasteiger partial charge on any atom is -0.482 e. The number of nitrogens with zero attached hydrogens (tertiary/aromatic N) is 1. The first-order chi connectivity index (χ1) is 15.5. The largest absolute Gasteiger partial charge is 0.482 e. The second-order valence-corrected chi connectivity index (χ2v) is 6.71. The van der Waals surface area contributed by atoms with Gasteiger partial charge in [-0.1, -0.05) is 31.4 Å². The molecule has 0 aliphatic rings. The number of para-hydroxylation sites is 1. The van der Waals surface area contributed by atoms with Crippen LogP contribution in [0.15, 0.2) is 92.2 Å². The number of carbonyl (C=O) groups excluding carboxylic acids is 1. The van der Waals surface area contributed by atoms with Gasteiger partial charge in [-0.15, -0.1) is 0 Å². The van der Waals surface area contributed by atoms with Gasteiger partial charge in [0.2, 0.25) is 11.8 Å². The molecule has 0 aliphatic carbocycles. The molecule has 0 aliphatic heterocycles. The van der Waals surface area contributed by atoms with Crippen LogP contribution in [0.4, 0.5) is 5.69 Å². The van der Waals surface area contributed by atoms with Gasteiger partial charge >= 0.3 is 5.97 Å². The van der Waals surface area contributed by atoms with Gasteiger partial charge < -0.3 is 19.9 Å². The van der Waals surface area contributed by atoms with Crippen LogP contribution in [0, 0.1) is 0 Å². The first-order valence-corrected chi connectivity index (χ1v) is 9.75. The lowest BCUT2D eigenvalue weighted by Crippen LogP contribution is -2.16. The Morgan fingerprint density at radius 1 is 1.00 bits per heavy atom. The maximum atomic E-state index is 12.3. The van der Waals surface area contributed by atoms with Crippen molar-refractivity contribution in [2.45, 2.75) is 12.5 Å². The summed E-state index contributed by atoms with van der Waals surface area (Å²) in [5.41, 5.74) is 0.938. The topological polar surface area (TPSA) is 97.8 Å². The molecule has 0 saturated carbocycles. The number of carbonyl (C=O) groups is 2. The highest BCUT2D eigenvalue weighted by atomic mass is 16.5. The van der Waals surface area contributed by atoms with E-state index in [-0.39, 0.29) is 29.7 Å². The smallest absolute Gasteiger partial charge is 0.337 e. The lowest BCUT2D eigenvalue weighted by Gasteiger charge is -2.12. The predicted molar refractivity (Wildman–Crippen MR) is 121 cm³/mol. The van der Waals surface area contributed by atoms with Crippen LogP contribution in [0.3, 0.4) is 0 Å². The molecule has 32 heavy (non-hydrogen) atoms. The molecule has 0 atom stereocenters. The van der Waals surface area contributed by atoms with E-state index in [4.69, 9.17) is 9.47 Å². The summed E-state index contributed by atoms with van der Waals surface area (Å²) in [6.07, 6.45) is 4.60. The Labute approximate surface area is 185 Å². The van der Waals surface area contributed by atoms with E-state index < -0.39 is 5.97 Å². The second-order valence-electron chi connectivity index (χ2n) is 6.71. The van der Waals surface area contributed by atoms with E-state index >= 15 is 0 Å². The minimum absolute atomic E-state index is 0.0312. The van der Waals surface area contributed by atoms with Crippen LogP contribution < -0.4 is 14.8 Å². The number of carboxylic acid groups (broad SMARTS) is 1. The molecule has 2 aromatic carbocycles. The number of aromatic carboxylic acids is 1. The van der Waals surface area contributed by atoms with E-state index in [1.165, 1.54) is 12.3 Å². The van der Waals surface area contributed by atoms with Gasteiger partial charge in [-0.2, -0.15) is 0 Å². The highest BCUT2D eigenvalue weighted by Gasteiger charge is 2.12. The molecule has 0 spiro atoms. The monoisotopic (exact) mass is 430 g/mol. The normalized spacial score (nSPS) is 10.3. The van der Waals surface area contributed by atoms with Gasteiger partial charge in [-0.05, 0) is 54.1 Å². The van der Waals surface area contributed by atoms with E-state index in [2.05, 4.69) is 23.5 Å². The molecule has 0 bridgehead atoms. The predicted octanol–water partition coefficient (Wildman–Crippen LogP) is 4.87. The third kappa shape index (κ3) is 6.06. The minimum atomic E-state index is -1.11. The molecule has 3 rings (SSSR count). The van der Waals surface area contributed by atoms with Crippen molar-refractivity contribution in [1.82, 2.24) is 4.98 Å². The van der Waals surface area contributed by atoms with Gasteiger partial charge in [0.1, 0.15) is 17.6 Å². The summed E-state index contributed by atoms with van der Waals surface area (Å²) in [5.74, 6) is 0.149. The zero-order chi connectivity index (χ0) is 22.9. The van der Waals surface area contributed by atoms with Crippen molar-refractivity contribution in [3.8, 4) is 17.4 Å². The molecule has 1 heterocycles. The molecular weight excluding hydrogens is 408 g/mol. The molecule has 0 fully saturated rings. The van der Waals surface area contributed by atoms with Crippen LogP contribution in [0.1, 0.15) is 15.9 Å². The molecule has 3 aromatic rings. The Morgan fingerprint density at radius 2 is 1.69 bits per heavy atom. The molecule has 0 saturated heterocycles. The molecule has 162 valence electrons. The van der Waals surface area contributed by atoms with Crippen molar-refractivity contribution in [2.24, 2.45) is 0 Å². The standard InChI is InChI=1S/C25H22N2O5/c1-3-18(4-2)31-19-10-12-20(13-11-19)32-24-14-9-17(16-26-24)15-23(28)27-22-8-6-5-7-21(22)25(29)30/h3-14,16,18H,1-2,15H2,(H,27,28)(H,29,30). The highest BCUT2D eigenvalue weighted by Crippen LogP contribution is 2.23. The molecule has 7 heteroatoms. The summed E-state index contributed by atoms with van der Waals surface area (Å²) in [6, 6.07) is 16.6. The Kier molecular flexibility index (Phi) is 7.37. The van der Waals surface area contributed by atoms with Gasteiger partial charge in [0, 0.05) is 12.3 Å². The summed E-state index contributed by atoms with van der Waals surface area (Å²) < 4.78 is 11.4. The molecule has 2 N–H and O–H groups in total. The first-order valence-electron chi connectivity index (χ1n) is 9.75. The van der Waals surface area contributed by atoms with E-state index in [0.717, 1.165) is 0 Å². The van der Waals surface area contributed by atoms with E-state index in [1.54, 1.807) is 66.7 Å². The molecule has 1 aromatic heterocycles. The molecule has 1 amide bonds. The maximum Gasteiger partial charge on any atom is 0.337 e. The van der Waals surface area contributed by atoms with Gasteiger partial charge in [0.05, 0.1) is 17.7 Å². The van der Waals surface area contributed by atoms with Crippen molar-refractivity contribution in [3.63, 3.8) is 0 Å². The number of amides is 1. The number of carboxylic acids is 1. The van der Waals surface area contributed by atoms with E-state index in [1.807, 2.05) is 0 Å². The van der Waals surface area contributed by atoms with Crippen LogP contribution >= 0.6 is 0 Å². The van der Waals surface area contributed by atoms with Crippen molar-refractivity contribution in [3.05, 3.63) is 103 Å². The summed E-state index contributed by atoms with van der Waals surface area (Å²) in [4.78, 5) is 27.8. The summed E-state index contributed by atoms with van der Waals surface area (Å²) >= 11 is 0. The lowest BCUT2D eigenvalue weighted by molar-refractivity contribution is -0.115. The highest BCUT2D eigenvalue weighted by molar-refractivity contribution is 6.00. The van der Waals surface area contributed by atoms with Crippen molar-refractivity contribution >= 4 is 17.6 Å². The summed E-state index contributed by atoms with van der Waals surface area (Å²) in [5, 5.41) is 11.8. The quantitative estimate of drug-likeness (QED) is 0.445. The van der Waals surface area contributed by atoms with Crippen LogP contribution in [0.25, 0.3) is 0 Å². The summed E-state index contributed by atoms with van der Waals surface area (Å²) in [6.45, 7) is 7.36. The number of pyridine rings is 1. The Balaban J connectivity index is 1.57. The molecule has 7 nitrogen and oxygen atoms in total. The zero-order valence-corrected chi connectivity index (χ0v) is 17.2. The fourth-order valence-corrected chi connectivity index (χ4v) is 2.79. The number of benzene rings is 2. The fourth-order valence-electron chi connectivity index (χ4n) is 2.79. The van der Waals surface area contributed by atoms with Crippen molar-refractivity contribution < 1.29 is 24.2 Å². The molecule has 0 unspecified atom stereocenters. The number of aromatic nitrogens is 1. The van der Waals surface area contributed by atoms with Crippen molar-refractivity contribution in [1.29, 1.82) is 0 Å². The zero-order valence-electron chi connectivity index (χ0n) is 17.2. The summed E-state index contributed by atoms with van der Waals surface area (Å²) in [7, 11) is 0. The number of nitrogens with one attached hydrogen (secondary N) is 1. The number of rotatable bonds is 10. The average Bonchev–Trinajstić information content (AvgIpc) is 2.80. The Hall–Kier alpha value is -4.39. The maximum absolute atomic E-state index is 12.3. The molecule has 0 radical (unpaired) electrons. The third-order valence-electron chi connectivity index (χ3n) is 4.38. The van der Waals surface area contributed by atoms with Gasteiger partial charge in [-0.25, -0.2) is 9.78 Å². The number of anilines is 1. The fraction of sp³-hybridized carbons (Fsp3) is 0.0800. The van der Waals surface area contributed by atoms with Gasteiger partial charge in [0.25, 0.3) is 0 Å². The number of ether oxygens (including phenoxy) is 2. The lowest BCUT2D eigenvalue weighted by atomic mass is 10.1. The van der Waals surface area contributed by atoms with Crippen LogP contribution in [0.5, 0.6) is 17.4 Å². The Morgan fingerprint density at radius 3 is 2.31 bits per heavy atom. The van der Waals surface area contributed by atoms with Crippen LogP contribution in [-0.4, -0.2) is 28.1 Å². The third-order valence-corrected chi connectivity index (χ3v) is 4.38. The van der Waals surface area contributed by atoms with Crippen LogP contribution in [-0.2, 0) is 11.2 Å². The van der Waals surface area contributed by atoms with Gasteiger partial charge in [-0.3, -0.25) is 4.79 Å². The number of hydrogen-bond acceptors (Lipinski definition) is 5.